The Morgan fingerprint density at radius 1 is 0.975 bits per heavy atom. The molecule has 0 fully saturated rings. The van der Waals surface area contributed by atoms with Crippen LogP contribution >= 0.6 is 0 Å². The van der Waals surface area contributed by atoms with E-state index in [1.54, 1.807) is 78.8 Å². The second kappa shape index (κ2) is 15.4. The maximum Gasteiger partial charge on any atom is 0.408 e. The van der Waals surface area contributed by atoms with Crippen molar-refractivity contribution >= 4 is 29.8 Å². The summed E-state index contributed by atoms with van der Waals surface area (Å²) in [4.78, 5) is 66.3. The van der Waals surface area contributed by atoms with Crippen LogP contribution in [0, 0.1) is 11.8 Å². The topological polar surface area (TPSA) is 162 Å². The summed E-state index contributed by atoms with van der Waals surface area (Å²) in [6.45, 7) is 13.2. The van der Waals surface area contributed by atoms with E-state index in [9.17, 15) is 34.2 Å². The van der Waals surface area contributed by atoms with Gasteiger partial charge < -0.3 is 25.6 Å². The molecule has 0 radical (unpaired) electrons. The normalized spacial score (nSPS) is 15.2. The largest absolute Gasteiger partial charge is 0.480 e. The summed E-state index contributed by atoms with van der Waals surface area (Å²) >= 11 is 0. The molecule has 0 aliphatic carbocycles. The lowest BCUT2D eigenvalue weighted by atomic mass is 9.94. The summed E-state index contributed by atoms with van der Waals surface area (Å²) in [5.74, 6) is -4.64. The fourth-order valence-corrected chi connectivity index (χ4v) is 3.74. The number of carboxylic acid groups (broad SMARTS) is 1. The molecule has 1 rings (SSSR count). The third-order valence-corrected chi connectivity index (χ3v) is 6.43. The molecule has 1 aromatic rings. The number of nitrogens with one attached hydrogen (secondary N) is 2. The maximum atomic E-state index is 14.2. The average molecular weight is 564 g/mol. The molecule has 0 aromatic heterocycles. The number of amides is 4. The van der Waals surface area contributed by atoms with E-state index < -0.39 is 72.0 Å². The zero-order chi connectivity index (χ0) is 30.8. The molecule has 40 heavy (non-hydrogen) atoms. The van der Waals surface area contributed by atoms with E-state index in [-0.39, 0.29) is 12.3 Å². The molecule has 0 aliphatic heterocycles. The van der Waals surface area contributed by atoms with E-state index in [1.165, 1.54) is 6.92 Å². The summed E-state index contributed by atoms with van der Waals surface area (Å²) in [6.07, 6.45) is -2.12. The highest BCUT2D eigenvalue weighted by Gasteiger charge is 2.41. The Kier molecular flexibility index (Phi) is 13.3. The monoisotopic (exact) mass is 563 g/mol. The fourth-order valence-electron chi connectivity index (χ4n) is 3.74. The van der Waals surface area contributed by atoms with Crippen LogP contribution in [0.25, 0.3) is 0 Å². The lowest BCUT2D eigenvalue weighted by Crippen LogP contribution is -2.61. The zero-order valence-electron chi connectivity index (χ0n) is 24.8. The van der Waals surface area contributed by atoms with Gasteiger partial charge >= 0.3 is 12.1 Å². The van der Waals surface area contributed by atoms with Crippen LogP contribution in [-0.2, 0) is 30.3 Å². The Labute approximate surface area is 236 Å². The number of hydrogen-bond donors (Lipinski definition) is 4. The summed E-state index contributed by atoms with van der Waals surface area (Å²) in [6, 6.07) is 4.63. The van der Waals surface area contributed by atoms with Gasteiger partial charge in [-0.25, -0.2) is 4.79 Å². The Balaban J connectivity index is 3.66. The number of aliphatic hydroxyl groups excluding tert-OH is 1. The second-order valence-electron chi connectivity index (χ2n) is 11.4. The van der Waals surface area contributed by atoms with Crippen molar-refractivity contribution < 1.29 is 38.9 Å². The van der Waals surface area contributed by atoms with Crippen LogP contribution < -0.4 is 10.6 Å². The number of carbonyl (C=O) groups is 5. The van der Waals surface area contributed by atoms with Crippen LogP contribution in [0.3, 0.4) is 0 Å². The summed E-state index contributed by atoms with van der Waals surface area (Å²) < 4.78 is 5.34. The number of nitrogens with zero attached hydrogens (tertiary/aromatic N) is 1. The van der Waals surface area contributed by atoms with Crippen molar-refractivity contribution in [3.8, 4) is 0 Å². The van der Waals surface area contributed by atoms with Crippen molar-refractivity contribution in [2.75, 3.05) is 0 Å². The zero-order valence-corrected chi connectivity index (χ0v) is 24.8. The van der Waals surface area contributed by atoms with Crippen LogP contribution in [0.2, 0.25) is 0 Å². The van der Waals surface area contributed by atoms with Crippen molar-refractivity contribution in [1.29, 1.82) is 0 Å². The van der Waals surface area contributed by atoms with E-state index in [1.807, 2.05) is 0 Å². The minimum absolute atomic E-state index is 0.117. The molecule has 4 N–H and O–H groups in total. The van der Waals surface area contributed by atoms with Crippen LogP contribution in [0.5, 0.6) is 0 Å². The number of rotatable bonds is 13. The number of ether oxygens (including phenoxy) is 1. The highest BCUT2D eigenvalue weighted by molar-refractivity contribution is 6.03. The third kappa shape index (κ3) is 11.0. The highest BCUT2D eigenvalue weighted by atomic mass is 16.6. The molecule has 224 valence electrons. The van der Waals surface area contributed by atoms with Crippen molar-refractivity contribution in [3.05, 3.63) is 35.9 Å². The molecule has 0 spiro atoms. The van der Waals surface area contributed by atoms with Gasteiger partial charge in [0.15, 0.2) is 0 Å². The Hall–Kier alpha value is -3.47. The molecule has 0 saturated heterocycles. The van der Waals surface area contributed by atoms with Crippen molar-refractivity contribution in [2.24, 2.45) is 11.8 Å². The molecule has 0 saturated carbocycles. The number of benzene rings is 1. The first kappa shape index (κ1) is 34.6. The number of imide groups is 1. The summed E-state index contributed by atoms with van der Waals surface area (Å²) in [5.41, 5.74) is -0.243. The van der Waals surface area contributed by atoms with Gasteiger partial charge in [0.2, 0.25) is 11.8 Å². The molecule has 0 bridgehead atoms. The van der Waals surface area contributed by atoms with E-state index in [2.05, 4.69) is 10.6 Å². The molecule has 11 nitrogen and oxygen atoms in total. The molecule has 0 heterocycles. The van der Waals surface area contributed by atoms with Gasteiger partial charge in [-0.2, -0.15) is 0 Å². The minimum atomic E-state index is -1.46. The van der Waals surface area contributed by atoms with E-state index in [4.69, 9.17) is 4.74 Å². The molecule has 1 aromatic carbocycles. The molecule has 11 heteroatoms. The first-order valence-electron chi connectivity index (χ1n) is 13.6. The van der Waals surface area contributed by atoms with E-state index in [0.717, 1.165) is 4.90 Å². The van der Waals surface area contributed by atoms with Crippen LogP contribution in [0.15, 0.2) is 30.3 Å². The molecular weight excluding hydrogens is 518 g/mol. The van der Waals surface area contributed by atoms with Gasteiger partial charge in [0.25, 0.3) is 5.91 Å². The van der Waals surface area contributed by atoms with Crippen LogP contribution in [0.4, 0.5) is 4.79 Å². The van der Waals surface area contributed by atoms with Crippen molar-refractivity contribution in [2.45, 2.75) is 104 Å². The molecule has 4 amide bonds. The number of hydrogen-bond acceptors (Lipinski definition) is 7. The first-order chi connectivity index (χ1) is 18.5. The van der Waals surface area contributed by atoms with Crippen molar-refractivity contribution in [3.63, 3.8) is 0 Å². The first-order valence-corrected chi connectivity index (χ1v) is 13.6. The number of carboxylic acids is 1. The van der Waals surface area contributed by atoms with Crippen molar-refractivity contribution in [1.82, 2.24) is 15.5 Å². The lowest BCUT2D eigenvalue weighted by molar-refractivity contribution is -0.155. The second-order valence-corrected chi connectivity index (χ2v) is 11.4. The van der Waals surface area contributed by atoms with Gasteiger partial charge in [-0.15, -0.1) is 0 Å². The Bertz CT molecular complexity index is 1020. The predicted octanol–water partition coefficient (Wildman–Crippen LogP) is 2.89. The maximum absolute atomic E-state index is 14.2. The predicted molar refractivity (Wildman–Crippen MR) is 149 cm³/mol. The van der Waals surface area contributed by atoms with E-state index in [0.29, 0.717) is 12.0 Å². The van der Waals surface area contributed by atoms with Crippen LogP contribution in [-0.4, -0.2) is 74.7 Å². The van der Waals surface area contributed by atoms with Gasteiger partial charge in [0, 0.05) is 6.42 Å². The Morgan fingerprint density at radius 3 is 2.02 bits per heavy atom. The molecule has 5 atom stereocenters. The standard InChI is InChI=1S/C29H45N3O8/c1-9-18(4)24(31-28(39)40-29(6,7)8)26(36)32(23(34)16-22(33)17(2)3)21(15-20-13-11-10-12-14-20)25(35)30-19(5)27(37)38/h10-14,17-19,21-22,24,33H,9,15-16H2,1-8H3,(H,30,35)(H,31,39)(H,37,38)/t18-,19+,21+,22-,24+/m0/s1. The molecule has 0 unspecified atom stereocenters. The number of aliphatic hydroxyl groups is 1. The minimum Gasteiger partial charge on any atom is -0.480 e. The number of alkyl carbamates (subject to hydrolysis) is 1. The van der Waals surface area contributed by atoms with Gasteiger partial charge in [0.1, 0.15) is 23.7 Å². The van der Waals surface area contributed by atoms with Crippen LogP contribution in [0.1, 0.15) is 73.8 Å². The van der Waals surface area contributed by atoms with E-state index >= 15 is 0 Å². The van der Waals surface area contributed by atoms with Gasteiger partial charge in [0.05, 0.1) is 12.5 Å². The van der Waals surface area contributed by atoms with Gasteiger partial charge in [-0.1, -0.05) is 64.4 Å². The molecular formula is C29H45N3O8. The summed E-state index contributed by atoms with van der Waals surface area (Å²) in [5, 5.41) is 24.8. The fraction of sp³-hybridized carbons (Fsp3) is 0.621. The summed E-state index contributed by atoms with van der Waals surface area (Å²) in [7, 11) is 0. The number of carbonyl (C=O) groups excluding carboxylic acids is 4. The smallest absolute Gasteiger partial charge is 0.408 e. The Morgan fingerprint density at radius 2 is 1.55 bits per heavy atom. The SMILES string of the molecule is CC[C@H](C)[C@@H](NC(=O)OC(C)(C)C)C(=O)N(C(=O)C[C@H](O)C(C)C)[C@H](Cc1ccccc1)C(=O)N[C@H](C)C(=O)O. The van der Waals surface area contributed by atoms with Gasteiger partial charge in [-0.3, -0.25) is 24.1 Å². The average Bonchev–Trinajstić information content (AvgIpc) is 2.85. The van der Waals surface area contributed by atoms with Gasteiger partial charge in [-0.05, 0) is 45.1 Å². The lowest BCUT2D eigenvalue weighted by Gasteiger charge is -2.35. The number of aliphatic carboxylic acids is 1. The molecule has 0 aliphatic rings. The third-order valence-electron chi connectivity index (χ3n) is 6.43. The quantitative estimate of drug-likeness (QED) is 0.285. The highest BCUT2D eigenvalue weighted by Crippen LogP contribution is 2.20.